The average Bonchev–Trinajstić information content (AvgIpc) is 1.35. The fourth-order valence-corrected chi connectivity index (χ4v) is 0.207. The van der Waals surface area contributed by atoms with Crippen molar-refractivity contribution in [2.45, 2.75) is 11.3 Å². The highest BCUT2D eigenvalue weighted by Gasteiger charge is 1.91. The summed E-state index contributed by atoms with van der Waals surface area (Å²) in [6.45, 7) is 0. The molecular formula is C3H5Cl2NO. The summed E-state index contributed by atoms with van der Waals surface area (Å²) in [5.74, 6) is 0. The maximum Gasteiger partial charge on any atom is 0.120 e. The Balaban J connectivity index is 0. The van der Waals surface area contributed by atoms with Gasteiger partial charge in [-0.05, 0) is 0 Å². The monoisotopic (exact) mass is 141 g/mol. The second kappa shape index (κ2) is 6.03. The van der Waals surface area contributed by atoms with Crippen LogP contribution >= 0.6 is 23.2 Å². The van der Waals surface area contributed by atoms with Crippen LogP contribution in [0.5, 0.6) is 0 Å². The van der Waals surface area contributed by atoms with Crippen molar-refractivity contribution in [1.82, 2.24) is 0 Å². The molecular weight excluding hydrogens is 137 g/mol. The van der Waals surface area contributed by atoms with Crippen LogP contribution in [-0.2, 0) is 0 Å². The van der Waals surface area contributed by atoms with Crippen LogP contribution in [0.2, 0.25) is 0 Å². The Hall–Kier alpha value is 0.0300. The van der Waals surface area contributed by atoms with Crippen LogP contribution in [0.25, 0.3) is 0 Å². The average molecular weight is 142 g/mol. The molecule has 42 valence electrons. The van der Waals surface area contributed by atoms with Crippen LogP contribution < -0.4 is 0 Å². The topological polar surface area (TPSA) is 55.3 Å². The van der Waals surface area contributed by atoms with E-state index in [1.807, 2.05) is 0 Å². The summed E-state index contributed by atoms with van der Waals surface area (Å²) < 4.78 is 0. The molecule has 2 N–H and O–H groups in total. The molecule has 0 bridgehead atoms. The Bertz CT molecular complexity index is 67.8. The van der Waals surface area contributed by atoms with Gasteiger partial charge in [-0.25, -0.2) is 0 Å². The van der Waals surface area contributed by atoms with Crippen LogP contribution in [0.1, 0.15) is 6.42 Å². The molecule has 0 heterocycles. The van der Waals surface area contributed by atoms with Crippen molar-refractivity contribution >= 4 is 23.2 Å². The van der Waals surface area contributed by atoms with Crippen LogP contribution in [0.3, 0.4) is 0 Å². The first kappa shape index (κ1) is 10.1. The van der Waals surface area contributed by atoms with Gasteiger partial charge in [0.25, 0.3) is 0 Å². The Morgan fingerprint density at radius 2 is 2.00 bits per heavy atom. The first-order valence-corrected chi connectivity index (χ1v) is 2.29. The largest absolute Gasteiger partial charge is 0.412 e. The van der Waals surface area contributed by atoms with Crippen LogP contribution in [-0.4, -0.2) is 10.3 Å². The number of nitriles is 1. The van der Waals surface area contributed by atoms with Gasteiger partial charge in [-0.2, -0.15) is 5.26 Å². The first-order valence-electron chi connectivity index (χ1n) is 1.42. The van der Waals surface area contributed by atoms with Gasteiger partial charge in [-0.3, -0.25) is 0 Å². The molecule has 0 saturated heterocycles. The van der Waals surface area contributed by atoms with Crippen molar-refractivity contribution in [2.24, 2.45) is 0 Å². The molecule has 0 aliphatic rings. The van der Waals surface area contributed by atoms with E-state index in [0.29, 0.717) is 0 Å². The molecule has 0 atom stereocenters. The standard InChI is InChI=1S/C3H3Cl2N.H2O/c4-3(5)1-2-6;/h3H,1H2;1H2. The third-order valence-corrected chi connectivity index (χ3v) is 0.554. The molecule has 0 aliphatic heterocycles. The van der Waals surface area contributed by atoms with Gasteiger partial charge >= 0.3 is 0 Å². The molecule has 4 heteroatoms. The second-order valence-corrected chi connectivity index (χ2v) is 2.03. The Kier molecular flexibility index (Phi) is 8.70. The Morgan fingerprint density at radius 1 is 1.57 bits per heavy atom. The smallest absolute Gasteiger partial charge is 0.120 e. The molecule has 2 nitrogen and oxygen atoms in total. The maximum atomic E-state index is 7.82. The summed E-state index contributed by atoms with van der Waals surface area (Å²) in [5.41, 5.74) is 0. The molecule has 0 unspecified atom stereocenters. The second-order valence-electron chi connectivity index (χ2n) is 0.753. The van der Waals surface area contributed by atoms with Gasteiger partial charge in [0.05, 0.1) is 12.5 Å². The predicted octanol–water partition coefficient (Wildman–Crippen LogP) is 0.879. The van der Waals surface area contributed by atoms with E-state index in [2.05, 4.69) is 0 Å². The van der Waals surface area contributed by atoms with Crippen molar-refractivity contribution in [1.29, 1.82) is 5.26 Å². The minimum atomic E-state index is -0.519. The van der Waals surface area contributed by atoms with Crippen LogP contribution in [0.15, 0.2) is 0 Å². The Labute approximate surface area is 51.9 Å². The number of hydrogen-bond donors (Lipinski definition) is 0. The lowest BCUT2D eigenvalue weighted by Gasteiger charge is -1.82. The molecule has 0 saturated carbocycles. The van der Waals surface area contributed by atoms with Gasteiger partial charge in [-0.1, -0.05) is 0 Å². The number of rotatable bonds is 1. The lowest BCUT2D eigenvalue weighted by molar-refractivity contribution is 0.824. The summed E-state index contributed by atoms with van der Waals surface area (Å²) in [6.07, 6.45) is 0.211. The number of hydrogen-bond acceptors (Lipinski definition) is 1. The fourth-order valence-electron chi connectivity index (χ4n) is 0.0690. The van der Waals surface area contributed by atoms with Crippen molar-refractivity contribution in [3.63, 3.8) is 0 Å². The van der Waals surface area contributed by atoms with Gasteiger partial charge in [-0.15, -0.1) is 23.2 Å². The molecule has 0 radical (unpaired) electrons. The van der Waals surface area contributed by atoms with Gasteiger partial charge in [0.1, 0.15) is 4.84 Å². The SMILES string of the molecule is N#CCC(Cl)Cl.O. The third kappa shape index (κ3) is 10.7. The summed E-state index contributed by atoms with van der Waals surface area (Å²) in [4.78, 5) is -0.519. The zero-order valence-corrected chi connectivity index (χ0v) is 5.00. The lowest BCUT2D eigenvalue weighted by Crippen LogP contribution is -1.78. The van der Waals surface area contributed by atoms with Crippen molar-refractivity contribution in [2.75, 3.05) is 0 Å². The molecule has 0 rings (SSSR count). The summed E-state index contributed by atoms with van der Waals surface area (Å²) in [7, 11) is 0. The lowest BCUT2D eigenvalue weighted by atomic mass is 10.6. The predicted molar refractivity (Wildman–Crippen MR) is 29.3 cm³/mol. The van der Waals surface area contributed by atoms with Crippen LogP contribution in [0.4, 0.5) is 0 Å². The third-order valence-electron chi connectivity index (χ3n) is 0.246. The van der Waals surface area contributed by atoms with Crippen molar-refractivity contribution in [3.05, 3.63) is 0 Å². The highest BCUT2D eigenvalue weighted by atomic mass is 35.5. The van der Waals surface area contributed by atoms with E-state index in [9.17, 15) is 0 Å². The number of nitrogens with zero attached hydrogens (tertiary/aromatic N) is 1. The highest BCUT2D eigenvalue weighted by molar-refractivity contribution is 6.44. The molecule has 0 aromatic carbocycles. The van der Waals surface area contributed by atoms with E-state index in [1.54, 1.807) is 6.07 Å². The van der Waals surface area contributed by atoms with E-state index in [0.717, 1.165) is 0 Å². The fraction of sp³-hybridized carbons (Fsp3) is 0.667. The van der Waals surface area contributed by atoms with Crippen LogP contribution in [0, 0.1) is 11.3 Å². The van der Waals surface area contributed by atoms with Gasteiger partial charge in [0, 0.05) is 0 Å². The molecule has 0 aromatic rings. The van der Waals surface area contributed by atoms with Crippen molar-refractivity contribution < 1.29 is 5.48 Å². The summed E-state index contributed by atoms with van der Waals surface area (Å²) in [6, 6.07) is 1.80. The van der Waals surface area contributed by atoms with Crippen molar-refractivity contribution in [3.8, 4) is 6.07 Å². The minimum Gasteiger partial charge on any atom is -0.412 e. The summed E-state index contributed by atoms with van der Waals surface area (Å²) >= 11 is 10.2. The molecule has 0 spiro atoms. The zero-order valence-electron chi connectivity index (χ0n) is 3.49. The molecule has 7 heavy (non-hydrogen) atoms. The zero-order chi connectivity index (χ0) is 4.99. The molecule has 0 fully saturated rings. The normalized spacial score (nSPS) is 7.14. The first-order chi connectivity index (χ1) is 2.77. The number of halogens is 2. The van der Waals surface area contributed by atoms with Gasteiger partial charge in [0.2, 0.25) is 0 Å². The Morgan fingerprint density at radius 3 is 2.00 bits per heavy atom. The van der Waals surface area contributed by atoms with Gasteiger partial charge in [0.15, 0.2) is 0 Å². The highest BCUT2D eigenvalue weighted by Crippen LogP contribution is 2.03. The minimum absolute atomic E-state index is 0. The van der Waals surface area contributed by atoms with E-state index in [1.165, 1.54) is 0 Å². The van der Waals surface area contributed by atoms with E-state index in [-0.39, 0.29) is 11.9 Å². The molecule has 0 amide bonds. The van der Waals surface area contributed by atoms with E-state index >= 15 is 0 Å². The maximum absolute atomic E-state index is 7.82. The number of alkyl halides is 2. The molecule has 0 aromatic heterocycles. The summed E-state index contributed by atoms with van der Waals surface area (Å²) in [5, 5.41) is 7.82. The molecule has 0 aliphatic carbocycles. The quantitative estimate of drug-likeness (QED) is 0.501. The van der Waals surface area contributed by atoms with Gasteiger partial charge < -0.3 is 5.48 Å². The van der Waals surface area contributed by atoms with E-state index < -0.39 is 4.84 Å². The van der Waals surface area contributed by atoms with E-state index in [4.69, 9.17) is 28.5 Å².